The molecule has 0 N–H and O–H groups in total. The van der Waals surface area contributed by atoms with Gasteiger partial charge in [-0.25, -0.2) is 0 Å². The average Bonchev–Trinajstić information content (AvgIpc) is 2.39. The summed E-state index contributed by atoms with van der Waals surface area (Å²) >= 11 is 5.37. The molecule has 0 aromatic heterocycles. The lowest BCUT2D eigenvalue weighted by Gasteiger charge is -2.10. The number of unbranched alkanes of at least 4 members (excludes halogenated alkanes) is 2. The normalized spacial score (nSPS) is 10.6. The molecule has 102 valence electrons. The standard InChI is InChI=1S/C15H23BrOS/c1-3-11-18-15-12-14(8-7-13(15)2)17-10-6-4-5-9-16/h7-8,12H,3-6,9-11H2,1-2H3. The minimum atomic E-state index is 0.827. The van der Waals surface area contributed by atoms with Gasteiger partial charge in [0.15, 0.2) is 0 Å². The number of ether oxygens (including phenoxy) is 1. The van der Waals surface area contributed by atoms with Crippen molar-refractivity contribution in [1.82, 2.24) is 0 Å². The van der Waals surface area contributed by atoms with Crippen molar-refractivity contribution in [2.24, 2.45) is 0 Å². The minimum Gasteiger partial charge on any atom is -0.494 e. The van der Waals surface area contributed by atoms with Crippen molar-refractivity contribution in [3.05, 3.63) is 23.8 Å². The van der Waals surface area contributed by atoms with Crippen molar-refractivity contribution in [2.45, 2.75) is 44.4 Å². The lowest BCUT2D eigenvalue weighted by atomic mass is 10.2. The number of aryl methyl sites for hydroxylation is 1. The summed E-state index contributed by atoms with van der Waals surface area (Å²) in [4.78, 5) is 1.36. The van der Waals surface area contributed by atoms with E-state index >= 15 is 0 Å². The van der Waals surface area contributed by atoms with Crippen LogP contribution in [0.2, 0.25) is 0 Å². The molecule has 0 aliphatic carbocycles. The second-order valence-corrected chi connectivity index (χ2v) is 6.30. The van der Waals surface area contributed by atoms with E-state index in [4.69, 9.17) is 4.74 Å². The van der Waals surface area contributed by atoms with Crippen LogP contribution in [0.15, 0.2) is 23.1 Å². The SMILES string of the molecule is CCCSc1cc(OCCCCCBr)ccc1C. The van der Waals surface area contributed by atoms with Crippen molar-refractivity contribution in [1.29, 1.82) is 0 Å². The quantitative estimate of drug-likeness (QED) is 0.338. The summed E-state index contributed by atoms with van der Waals surface area (Å²) in [5, 5.41) is 1.09. The smallest absolute Gasteiger partial charge is 0.120 e. The molecule has 0 aliphatic rings. The van der Waals surface area contributed by atoms with E-state index in [1.807, 2.05) is 11.8 Å². The molecule has 0 spiro atoms. The highest BCUT2D eigenvalue weighted by Gasteiger charge is 2.02. The molecule has 0 radical (unpaired) electrons. The predicted octanol–water partition coefficient (Wildman–Crippen LogP) is 5.44. The molecule has 1 aromatic carbocycles. The summed E-state index contributed by atoms with van der Waals surface area (Å²) in [7, 11) is 0. The number of hydrogen-bond acceptors (Lipinski definition) is 2. The van der Waals surface area contributed by atoms with Crippen molar-refractivity contribution < 1.29 is 4.74 Å². The van der Waals surface area contributed by atoms with Crippen LogP contribution in [-0.2, 0) is 0 Å². The highest BCUT2D eigenvalue weighted by molar-refractivity contribution is 9.09. The van der Waals surface area contributed by atoms with Crippen molar-refractivity contribution >= 4 is 27.7 Å². The Hall–Kier alpha value is -0.150. The van der Waals surface area contributed by atoms with Gasteiger partial charge >= 0.3 is 0 Å². The Morgan fingerprint density at radius 2 is 2.06 bits per heavy atom. The predicted molar refractivity (Wildman–Crippen MR) is 85.3 cm³/mol. The van der Waals surface area contributed by atoms with Crippen LogP contribution in [-0.4, -0.2) is 17.7 Å². The fraction of sp³-hybridized carbons (Fsp3) is 0.600. The Morgan fingerprint density at radius 3 is 2.78 bits per heavy atom. The summed E-state index contributed by atoms with van der Waals surface area (Å²) < 4.78 is 5.80. The molecule has 0 amide bonds. The van der Waals surface area contributed by atoms with Crippen LogP contribution in [0.5, 0.6) is 5.75 Å². The van der Waals surface area contributed by atoms with E-state index < -0.39 is 0 Å². The second kappa shape index (κ2) is 9.74. The summed E-state index contributed by atoms with van der Waals surface area (Å²) in [6.45, 7) is 5.21. The third kappa shape index (κ3) is 6.14. The molecular formula is C15H23BrOS. The maximum atomic E-state index is 5.80. The first-order valence-corrected chi connectivity index (χ1v) is 8.81. The van der Waals surface area contributed by atoms with Crippen LogP contribution in [0.1, 0.15) is 38.2 Å². The topological polar surface area (TPSA) is 9.23 Å². The zero-order valence-electron chi connectivity index (χ0n) is 11.4. The monoisotopic (exact) mass is 330 g/mol. The van der Waals surface area contributed by atoms with Gasteiger partial charge in [0.1, 0.15) is 5.75 Å². The molecule has 0 bridgehead atoms. The average molecular weight is 331 g/mol. The van der Waals surface area contributed by atoms with E-state index in [1.54, 1.807) is 0 Å². The fourth-order valence-electron chi connectivity index (χ4n) is 1.60. The molecule has 1 rings (SSSR count). The molecule has 0 unspecified atom stereocenters. The minimum absolute atomic E-state index is 0.827. The lowest BCUT2D eigenvalue weighted by Crippen LogP contribution is -1.98. The highest BCUT2D eigenvalue weighted by Crippen LogP contribution is 2.27. The number of rotatable bonds is 9. The first-order chi connectivity index (χ1) is 8.77. The molecule has 0 saturated carbocycles. The number of alkyl halides is 1. The molecule has 0 fully saturated rings. The molecule has 3 heteroatoms. The molecule has 0 heterocycles. The van der Waals surface area contributed by atoms with Gasteiger partial charge in [-0.1, -0.05) is 28.9 Å². The van der Waals surface area contributed by atoms with Gasteiger partial charge in [0.25, 0.3) is 0 Å². The maximum absolute atomic E-state index is 5.80. The largest absolute Gasteiger partial charge is 0.494 e. The zero-order chi connectivity index (χ0) is 13.2. The Kier molecular flexibility index (Phi) is 8.60. The molecule has 1 aromatic rings. The summed E-state index contributed by atoms with van der Waals surface area (Å²) in [5.74, 6) is 2.19. The van der Waals surface area contributed by atoms with Gasteiger partial charge in [0, 0.05) is 10.2 Å². The van der Waals surface area contributed by atoms with Gasteiger partial charge in [-0.05, 0) is 56.1 Å². The lowest BCUT2D eigenvalue weighted by molar-refractivity contribution is 0.306. The molecule has 0 atom stereocenters. The Morgan fingerprint density at radius 1 is 1.22 bits per heavy atom. The third-order valence-electron chi connectivity index (χ3n) is 2.67. The zero-order valence-corrected chi connectivity index (χ0v) is 13.8. The van der Waals surface area contributed by atoms with Gasteiger partial charge in [0.05, 0.1) is 6.61 Å². The van der Waals surface area contributed by atoms with E-state index in [0.29, 0.717) is 0 Å². The van der Waals surface area contributed by atoms with Crippen LogP contribution in [0.4, 0.5) is 0 Å². The molecule has 1 nitrogen and oxygen atoms in total. The second-order valence-electron chi connectivity index (χ2n) is 4.37. The van der Waals surface area contributed by atoms with E-state index in [-0.39, 0.29) is 0 Å². The number of halogens is 1. The van der Waals surface area contributed by atoms with E-state index in [0.717, 1.165) is 24.1 Å². The molecule has 18 heavy (non-hydrogen) atoms. The fourth-order valence-corrected chi connectivity index (χ4v) is 2.92. The summed E-state index contributed by atoms with van der Waals surface area (Å²) in [5.41, 5.74) is 1.35. The van der Waals surface area contributed by atoms with Crippen LogP contribution >= 0.6 is 27.7 Å². The summed E-state index contributed by atoms with van der Waals surface area (Å²) in [6, 6.07) is 6.42. The van der Waals surface area contributed by atoms with Crippen LogP contribution in [0.25, 0.3) is 0 Å². The summed E-state index contributed by atoms with van der Waals surface area (Å²) in [6.07, 6.45) is 4.81. The van der Waals surface area contributed by atoms with Crippen LogP contribution in [0.3, 0.4) is 0 Å². The van der Waals surface area contributed by atoms with Gasteiger partial charge in [-0.15, -0.1) is 11.8 Å². The van der Waals surface area contributed by atoms with Crippen molar-refractivity contribution in [3.8, 4) is 5.75 Å². The Bertz CT molecular complexity index is 341. The maximum Gasteiger partial charge on any atom is 0.120 e. The van der Waals surface area contributed by atoms with E-state index in [9.17, 15) is 0 Å². The van der Waals surface area contributed by atoms with Crippen molar-refractivity contribution in [2.75, 3.05) is 17.7 Å². The molecular weight excluding hydrogens is 308 g/mol. The van der Waals surface area contributed by atoms with Gasteiger partial charge in [-0.3, -0.25) is 0 Å². The Balaban J connectivity index is 2.40. The van der Waals surface area contributed by atoms with Crippen molar-refractivity contribution in [3.63, 3.8) is 0 Å². The van der Waals surface area contributed by atoms with E-state index in [2.05, 4.69) is 48.0 Å². The first kappa shape index (κ1) is 15.9. The Labute approximate surface area is 124 Å². The van der Waals surface area contributed by atoms with E-state index in [1.165, 1.54) is 35.5 Å². The van der Waals surface area contributed by atoms with Gasteiger partial charge < -0.3 is 4.74 Å². The van der Waals surface area contributed by atoms with Crippen LogP contribution < -0.4 is 4.74 Å². The van der Waals surface area contributed by atoms with Gasteiger partial charge in [-0.2, -0.15) is 0 Å². The molecule has 0 aliphatic heterocycles. The molecule has 0 saturated heterocycles. The first-order valence-electron chi connectivity index (χ1n) is 6.70. The van der Waals surface area contributed by atoms with Crippen LogP contribution in [0, 0.1) is 6.92 Å². The van der Waals surface area contributed by atoms with Gasteiger partial charge in [0.2, 0.25) is 0 Å². The third-order valence-corrected chi connectivity index (χ3v) is 4.59. The number of benzene rings is 1. The number of hydrogen-bond donors (Lipinski definition) is 0. The highest BCUT2D eigenvalue weighted by atomic mass is 79.9. The number of thioether (sulfide) groups is 1.